The molecular weight excluding hydrogens is 300 g/mol. The minimum atomic E-state index is -0.194. The summed E-state index contributed by atoms with van der Waals surface area (Å²) in [5.41, 5.74) is 1.73. The average molecular weight is 324 g/mol. The molecule has 0 bridgehead atoms. The first-order valence-electron chi connectivity index (χ1n) is 8.87. The maximum absolute atomic E-state index is 12.9. The lowest BCUT2D eigenvalue weighted by molar-refractivity contribution is -0.134. The second-order valence-electron chi connectivity index (χ2n) is 7.00. The fourth-order valence-corrected chi connectivity index (χ4v) is 4.22. The van der Waals surface area contributed by atoms with Crippen molar-refractivity contribution < 1.29 is 4.79 Å². The van der Waals surface area contributed by atoms with Gasteiger partial charge in [0.25, 0.3) is 0 Å². The highest BCUT2D eigenvalue weighted by Gasteiger charge is 2.49. The monoisotopic (exact) mass is 324 g/mol. The number of amides is 1. The Morgan fingerprint density at radius 1 is 1.29 bits per heavy atom. The molecule has 2 aliphatic rings. The topological polar surface area (TPSA) is 59.0 Å². The molecular formula is C19H24N4O. The second kappa shape index (κ2) is 6.40. The lowest BCUT2D eigenvalue weighted by Gasteiger charge is -2.37. The number of hydrogen-bond donors (Lipinski definition) is 2. The van der Waals surface area contributed by atoms with Gasteiger partial charge in [-0.25, -0.2) is 4.68 Å². The fourth-order valence-electron chi connectivity index (χ4n) is 4.22. The van der Waals surface area contributed by atoms with Crippen molar-refractivity contribution in [3.05, 3.63) is 48.3 Å². The molecule has 1 amide bonds. The highest BCUT2D eigenvalue weighted by molar-refractivity contribution is 5.83. The van der Waals surface area contributed by atoms with Crippen LogP contribution in [-0.2, 0) is 11.3 Å². The van der Waals surface area contributed by atoms with E-state index >= 15 is 0 Å². The summed E-state index contributed by atoms with van der Waals surface area (Å²) in [6, 6.07) is 12.0. The molecule has 4 rings (SSSR count). The third-order valence-corrected chi connectivity index (χ3v) is 5.59. The molecule has 0 spiro atoms. The summed E-state index contributed by atoms with van der Waals surface area (Å²) < 4.78 is 1.85. The van der Waals surface area contributed by atoms with Crippen LogP contribution in [0.25, 0.3) is 5.69 Å². The zero-order valence-electron chi connectivity index (χ0n) is 13.9. The second-order valence-corrected chi connectivity index (χ2v) is 7.00. The van der Waals surface area contributed by atoms with Gasteiger partial charge in [-0.2, -0.15) is 5.10 Å². The number of rotatable bonds is 4. The summed E-state index contributed by atoms with van der Waals surface area (Å²) in [5, 5.41) is 11.1. The van der Waals surface area contributed by atoms with Crippen molar-refractivity contribution in [2.24, 2.45) is 11.3 Å². The van der Waals surface area contributed by atoms with Crippen molar-refractivity contribution >= 4 is 5.91 Å². The average Bonchev–Trinajstić information content (AvgIpc) is 3.28. The Bertz CT molecular complexity index is 711. The molecule has 0 unspecified atom stereocenters. The molecule has 2 heterocycles. The van der Waals surface area contributed by atoms with Crippen molar-refractivity contribution in [2.45, 2.75) is 32.2 Å². The standard InChI is InChI=1S/C19H24N4O/c24-18(19-10-5-4-6-15(19)12-20-14-19)21-13-16-9-11-23(22-16)17-7-2-1-3-8-17/h1-3,7-9,11,15,20H,4-6,10,12-14H2,(H,21,24)/t15-,19+/m0/s1. The Kier molecular flexibility index (Phi) is 4.10. The quantitative estimate of drug-likeness (QED) is 0.907. The number of fused-ring (bicyclic) bond motifs is 1. The summed E-state index contributed by atoms with van der Waals surface area (Å²) in [7, 11) is 0. The number of carbonyl (C=O) groups is 1. The number of nitrogens with one attached hydrogen (secondary N) is 2. The lowest BCUT2D eigenvalue weighted by atomic mass is 9.67. The summed E-state index contributed by atoms with van der Waals surface area (Å²) in [4.78, 5) is 12.9. The molecule has 5 heteroatoms. The highest BCUT2D eigenvalue weighted by Crippen LogP contribution is 2.43. The van der Waals surface area contributed by atoms with Crippen molar-refractivity contribution in [3.8, 4) is 5.69 Å². The van der Waals surface area contributed by atoms with Crippen molar-refractivity contribution in [1.29, 1.82) is 0 Å². The predicted octanol–water partition coefficient (Wildman–Crippen LogP) is 2.27. The zero-order valence-corrected chi connectivity index (χ0v) is 13.9. The molecule has 2 N–H and O–H groups in total. The van der Waals surface area contributed by atoms with Crippen LogP contribution in [0, 0.1) is 11.3 Å². The van der Waals surface area contributed by atoms with Crippen LogP contribution >= 0.6 is 0 Å². The van der Waals surface area contributed by atoms with Gasteiger partial charge >= 0.3 is 0 Å². The van der Waals surface area contributed by atoms with E-state index in [0.29, 0.717) is 12.5 Å². The van der Waals surface area contributed by atoms with E-state index < -0.39 is 0 Å². The molecule has 1 aliphatic heterocycles. The fraction of sp³-hybridized carbons (Fsp3) is 0.474. The van der Waals surface area contributed by atoms with Gasteiger partial charge in [-0.3, -0.25) is 4.79 Å². The molecule has 5 nitrogen and oxygen atoms in total. The number of aromatic nitrogens is 2. The van der Waals surface area contributed by atoms with Crippen LogP contribution < -0.4 is 10.6 Å². The Hall–Kier alpha value is -2.14. The summed E-state index contributed by atoms with van der Waals surface area (Å²) in [6.45, 7) is 2.30. The summed E-state index contributed by atoms with van der Waals surface area (Å²) >= 11 is 0. The first kappa shape index (κ1) is 15.4. The third-order valence-electron chi connectivity index (χ3n) is 5.59. The maximum Gasteiger partial charge on any atom is 0.228 e. The van der Waals surface area contributed by atoms with Gasteiger partial charge in [0, 0.05) is 12.7 Å². The number of hydrogen-bond acceptors (Lipinski definition) is 3. The normalized spacial score (nSPS) is 26.1. The van der Waals surface area contributed by atoms with E-state index in [2.05, 4.69) is 15.7 Å². The molecule has 1 saturated heterocycles. The summed E-state index contributed by atoms with van der Waals surface area (Å²) in [5.74, 6) is 0.694. The molecule has 1 aromatic carbocycles. The van der Waals surface area contributed by atoms with Crippen molar-refractivity contribution in [2.75, 3.05) is 13.1 Å². The van der Waals surface area contributed by atoms with Gasteiger partial charge in [0.1, 0.15) is 0 Å². The molecule has 24 heavy (non-hydrogen) atoms. The number of benzene rings is 1. The van der Waals surface area contributed by atoms with Gasteiger partial charge in [-0.05, 0) is 43.5 Å². The third kappa shape index (κ3) is 2.73. The smallest absolute Gasteiger partial charge is 0.228 e. The van der Waals surface area contributed by atoms with E-state index in [1.54, 1.807) is 0 Å². The predicted molar refractivity (Wildman–Crippen MR) is 92.7 cm³/mol. The minimum Gasteiger partial charge on any atom is -0.350 e. The van der Waals surface area contributed by atoms with Crippen molar-refractivity contribution in [1.82, 2.24) is 20.4 Å². The van der Waals surface area contributed by atoms with Gasteiger partial charge in [0.15, 0.2) is 0 Å². The maximum atomic E-state index is 12.9. The number of carbonyl (C=O) groups excluding carboxylic acids is 1. The van der Waals surface area contributed by atoms with Crippen LogP contribution in [0.4, 0.5) is 0 Å². The Balaban J connectivity index is 1.42. The van der Waals surface area contributed by atoms with E-state index in [9.17, 15) is 4.79 Å². The molecule has 126 valence electrons. The van der Waals surface area contributed by atoms with Crippen molar-refractivity contribution in [3.63, 3.8) is 0 Å². The minimum absolute atomic E-state index is 0.194. The van der Waals surface area contributed by atoms with Gasteiger partial charge in [0.2, 0.25) is 5.91 Å². The Morgan fingerprint density at radius 3 is 3.04 bits per heavy atom. The van der Waals surface area contributed by atoms with E-state index in [1.165, 1.54) is 12.8 Å². The molecule has 1 aromatic heterocycles. The number of nitrogens with zero attached hydrogens (tertiary/aromatic N) is 2. The van der Waals surface area contributed by atoms with E-state index in [-0.39, 0.29) is 11.3 Å². The number of para-hydroxylation sites is 1. The zero-order chi connectivity index (χ0) is 16.4. The highest BCUT2D eigenvalue weighted by atomic mass is 16.2. The molecule has 0 radical (unpaired) electrons. The first-order valence-corrected chi connectivity index (χ1v) is 8.87. The first-order chi connectivity index (χ1) is 11.8. The molecule has 2 fully saturated rings. The van der Waals surface area contributed by atoms with Crippen LogP contribution in [-0.4, -0.2) is 28.8 Å². The van der Waals surface area contributed by atoms with Gasteiger partial charge in [0.05, 0.1) is 23.3 Å². The van der Waals surface area contributed by atoms with Gasteiger partial charge in [-0.1, -0.05) is 31.0 Å². The lowest BCUT2D eigenvalue weighted by Crippen LogP contribution is -2.47. The largest absolute Gasteiger partial charge is 0.350 e. The van der Waals surface area contributed by atoms with Crippen LogP contribution in [0.3, 0.4) is 0 Å². The Morgan fingerprint density at radius 2 is 2.17 bits per heavy atom. The molecule has 2 atom stereocenters. The van der Waals surface area contributed by atoms with E-state index in [0.717, 1.165) is 37.3 Å². The summed E-state index contributed by atoms with van der Waals surface area (Å²) in [6.07, 6.45) is 6.53. The van der Waals surface area contributed by atoms with Gasteiger partial charge < -0.3 is 10.6 Å². The van der Waals surface area contributed by atoms with Gasteiger partial charge in [-0.15, -0.1) is 0 Å². The van der Waals surface area contributed by atoms with E-state index in [4.69, 9.17) is 0 Å². The van der Waals surface area contributed by atoms with Crippen LogP contribution in [0.5, 0.6) is 0 Å². The Labute approximate surface area is 142 Å². The molecule has 2 aromatic rings. The SMILES string of the molecule is O=C(NCc1ccn(-c2ccccc2)n1)[C@@]12CCCC[C@H]1CNC2. The van der Waals surface area contributed by atoms with Crippen LogP contribution in [0.2, 0.25) is 0 Å². The molecule has 1 saturated carbocycles. The van der Waals surface area contributed by atoms with Crippen LogP contribution in [0.15, 0.2) is 42.6 Å². The molecule has 1 aliphatic carbocycles. The van der Waals surface area contributed by atoms with Crippen LogP contribution in [0.1, 0.15) is 31.4 Å². The van der Waals surface area contributed by atoms with E-state index in [1.807, 2.05) is 47.3 Å².